The van der Waals surface area contributed by atoms with Gasteiger partial charge in [-0.2, -0.15) is 18.4 Å². The van der Waals surface area contributed by atoms with Crippen LogP contribution in [0.5, 0.6) is 17.5 Å². The summed E-state index contributed by atoms with van der Waals surface area (Å²) in [6.07, 6.45) is 1.49. The molecule has 3 aromatic rings. The quantitative estimate of drug-likeness (QED) is 0.560. The molecule has 3 aromatic heterocycles. The first-order valence-corrected chi connectivity index (χ1v) is 10.2. The molecule has 0 aliphatic rings. The molecule has 0 unspecified atom stereocenters. The number of carbonyl (C=O) groups excluding carboxylic acids is 1. The zero-order valence-corrected chi connectivity index (χ0v) is 17.5. The van der Waals surface area contributed by atoms with E-state index < -0.39 is 16.1 Å². The highest BCUT2D eigenvalue weighted by Crippen LogP contribution is 2.22. The van der Waals surface area contributed by atoms with Gasteiger partial charge in [-0.1, -0.05) is 0 Å². The molecular weight excluding hydrogens is 416 g/mol. The summed E-state index contributed by atoms with van der Waals surface area (Å²) in [4.78, 5) is 24.4. The Kier molecular flexibility index (Phi) is 5.91. The fourth-order valence-electron chi connectivity index (χ4n) is 2.66. The standard InChI is InChI=1S/C17H20N6O6S/c1-5-29-11-6-7-12-18-10(2)15(23(12)9-11)30(25,26)22-17(24)21-16-19-13(27-3)8-14(20-16)28-4/h6-9H,5H2,1-4H3,(H2,19,20,21,22,24). The van der Waals surface area contributed by atoms with Crippen molar-refractivity contribution in [3.05, 3.63) is 30.1 Å². The lowest BCUT2D eigenvalue weighted by Gasteiger charge is -2.10. The van der Waals surface area contributed by atoms with Crippen LogP contribution in [0.4, 0.5) is 10.7 Å². The van der Waals surface area contributed by atoms with E-state index in [2.05, 4.69) is 20.3 Å². The van der Waals surface area contributed by atoms with Gasteiger partial charge in [0.2, 0.25) is 17.7 Å². The Hall–Kier alpha value is -3.61. The van der Waals surface area contributed by atoms with Crippen LogP contribution in [0.15, 0.2) is 29.4 Å². The van der Waals surface area contributed by atoms with E-state index in [1.807, 2.05) is 11.6 Å². The third-order valence-electron chi connectivity index (χ3n) is 3.83. The SMILES string of the molecule is CCOc1ccc2nc(C)c(S(=O)(=O)NC(=O)Nc3nc(OC)cc(OC)n3)n2c1. The number of ether oxygens (including phenoxy) is 3. The zero-order valence-electron chi connectivity index (χ0n) is 16.7. The van der Waals surface area contributed by atoms with E-state index in [-0.39, 0.29) is 28.4 Å². The van der Waals surface area contributed by atoms with E-state index in [9.17, 15) is 13.2 Å². The highest BCUT2D eigenvalue weighted by Gasteiger charge is 2.26. The molecule has 0 aliphatic carbocycles. The number of pyridine rings is 1. The minimum atomic E-state index is -4.29. The lowest BCUT2D eigenvalue weighted by molar-refractivity contribution is 0.256. The van der Waals surface area contributed by atoms with Gasteiger partial charge in [-0.25, -0.2) is 14.5 Å². The third kappa shape index (κ3) is 4.35. The normalized spacial score (nSPS) is 11.2. The highest BCUT2D eigenvalue weighted by atomic mass is 32.2. The van der Waals surface area contributed by atoms with Crippen molar-refractivity contribution in [1.82, 2.24) is 24.1 Å². The van der Waals surface area contributed by atoms with Crippen molar-refractivity contribution in [3.63, 3.8) is 0 Å². The monoisotopic (exact) mass is 436 g/mol. The van der Waals surface area contributed by atoms with Crippen LogP contribution in [0.25, 0.3) is 5.65 Å². The number of nitrogens with one attached hydrogen (secondary N) is 2. The van der Waals surface area contributed by atoms with Crippen molar-refractivity contribution >= 4 is 27.6 Å². The molecule has 0 atom stereocenters. The van der Waals surface area contributed by atoms with Crippen LogP contribution in [0.2, 0.25) is 0 Å². The summed E-state index contributed by atoms with van der Waals surface area (Å²) in [6, 6.07) is 3.63. The topological polar surface area (TPSA) is 146 Å². The number of rotatable bonds is 7. The summed E-state index contributed by atoms with van der Waals surface area (Å²) in [7, 11) is -1.54. The largest absolute Gasteiger partial charge is 0.492 e. The van der Waals surface area contributed by atoms with Gasteiger partial charge >= 0.3 is 6.03 Å². The zero-order chi connectivity index (χ0) is 21.9. The third-order valence-corrected chi connectivity index (χ3v) is 5.28. The van der Waals surface area contributed by atoms with Gasteiger partial charge in [0.15, 0.2) is 5.03 Å². The molecule has 0 spiro atoms. The van der Waals surface area contributed by atoms with Gasteiger partial charge in [-0.3, -0.25) is 9.72 Å². The molecule has 0 fully saturated rings. The van der Waals surface area contributed by atoms with Gasteiger partial charge < -0.3 is 14.2 Å². The number of imidazole rings is 1. The summed E-state index contributed by atoms with van der Waals surface area (Å²) >= 11 is 0. The molecule has 3 rings (SSSR count). The molecule has 2 amide bonds. The van der Waals surface area contributed by atoms with Crippen LogP contribution in [-0.2, 0) is 10.0 Å². The summed E-state index contributed by atoms with van der Waals surface area (Å²) < 4.78 is 44.4. The Morgan fingerprint density at radius 3 is 2.40 bits per heavy atom. The van der Waals surface area contributed by atoms with Crippen LogP contribution in [0.1, 0.15) is 12.6 Å². The van der Waals surface area contributed by atoms with Crippen LogP contribution in [0.3, 0.4) is 0 Å². The van der Waals surface area contributed by atoms with Crippen LogP contribution in [-0.4, -0.2) is 54.6 Å². The minimum Gasteiger partial charge on any atom is -0.492 e. The smallest absolute Gasteiger partial charge is 0.335 e. The molecule has 2 N–H and O–H groups in total. The molecule has 0 bridgehead atoms. The maximum absolute atomic E-state index is 12.9. The summed E-state index contributed by atoms with van der Waals surface area (Å²) in [6.45, 7) is 3.74. The number of fused-ring (bicyclic) bond motifs is 1. The van der Waals surface area contributed by atoms with Crippen molar-refractivity contribution in [2.24, 2.45) is 0 Å². The number of aromatic nitrogens is 4. The fourth-order valence-corrected chi connectivity index (χ4v) is 3.90. The van der Waals surface area contributed by atoms with E-state index >= 15 is 0 Å². The molecule has 160 valence electrons. The summed E-state index contributed by atoms with van der Waals surface area (Å²) in [5, 5.41) is 2.05. The number of hydrogen-bond donors (Lipinski definition) is 2. The molecule has 0 aromatic carbocycles. The number of anilines is 1. The molecule has 3 heterocycles. The van der Waals surface area contributed by atoms with Crippen LogP contribution in [0, 0.1) is 6.92 Å². The second kappa shape index (κ2) is 8.41. The van der Waals surface area contributed by atoms with Gasteiger partial charge in [-0.15, -0.1) is 0 Å². The molecule has 0 saturated carbocycles. The lowest BCUT2D eigenvalue weighted by Crippen LogP contribution is -2.35. The van der Waals surface area contributed by atoms with E-state index in [0.717, 1.165) is 0 Å². The number of nitrogens with zero attached hydrogens (tertiary/aromatic N) is 4. The predicted molar refractivity (Wildman–Crippen MR) is 106 cm³/mol. The van der Waals surface area contributed by atoms with Crippen molar-refractivity contribution in [1.29, 1.82) is 0 Å². The Morgan fingerprint density at radius 2 is 1.80 bits per heavy atom. The van der Waals surface area contributed by atoms with Crippen molar-refractivity contribution in [3.8, 4) is 17.5 Å². The van der Waals surface area contributed by atoms with Crippen molar-refractivity contribution < 1.29 is 27.4 Å². The average molecular weight is 436 g/mol. The lowest BCUT2D eigenvalue weighted by atomic mass is 10.4. The first-order valence-electron chi connectivity index (χ1n) is 8.69. The second-order valence-electron chi connectivity index (χ2n) is 5.86. The van der Waals surface area contributed by atoms with Crippen molar-refractivity contribution in [2.75, 3.05) is 26.1 Å². The first kappa shape index (κ1) is 21.1. The Morgan fingerprint density at radius 1 is 1.13 bits per heavy atom. The van der Waals surface area contributed by atoms with Crippen LogP contribution < -0.4 is 24.2 Å². The van der Waals surface area contributed by atoms with E-state index in [1.165, 1.54) is 37.8 Å². The molecule has 12 nitrogen and oxygen atoms in total. The molecule has 0 saturated heterocycles. The number of hydrogen-bond acceptors (Lipinski definition) is 9. The number of amides is 2. The first-order chi connectivity index (χ1) is 14.3. The van der Waals surface area contributed by atoms with E-state index in [4.69, 9.17) is 14.2 Å². The maximum atomic E-state index is 12.9. The number of methoxy groups -OCH3 is 2. The van der Waals surface area contributed by atoms with Gasteiger partial charge in [0.05, 0.1) is 38.8 Å². The van der Waals surface area contributed by atoms with Gasteiger partial charge in [0.1, 0.15) is 11.4 Å². The Labute approximate surface area is 172 Å². The highest BCUT2D eigenvalue weighted by molar-refractivity contribution is 7.90. The molecule has 30 heavy (non-hydrogen) atoms. The fraction of sp³-hybridized carbons (Fsp3) is 0.294. The maximum Gasteiger partial charge on any atom is 0.335 e. The van der Waals surface area contributed by atoms with E-state index in [0.29, 0.717) is 18.0 Å². The summed E-state index contributed by atoms with van der Waals surface area (Å²) in [5.41, 5.74) is 0.598. The van der Waals surface area contributed by atoms with Gasteiger partial charge in [0, 0.05) is 0 Å². The Bertz CT molecular complexity index is 1170. The summed E-state index contributed by atoms with van der Waals surface area (Å²) in [5.74, 6) is 0.509. The molecular formula is C17H20N6O6S. The van der Waals surface area contributed by atoms with Crippen LogP contribution >= 0.6 is 0 Å². The molecule has 0 radical (unpaired) electrons. The predicted octanol–water partition coefficient (Wildman–Crippen LogP) is 1.36. The van der Waals surface area contributed by atoms with Crippen molar-refractivity contribution in [2.45, 2.75) is 18.9 Å². The number of urea groups is 1. The molecule has 0 aliphatic heterocycles. The minimum absolute atomic E-state index is 0.126. The number of sulfonamides is 1. The van der Waals surface area contributed by atoms with E-state index in [1.54, 1.807) is 12.1 Å². The second-order valence-corrected chi connectivity index (χ2v) is 7.46. The van der Waals surface area contributed by atoms with Gasteiger partial charge in [0.25, 0.3) is 10.0 Å². The number of carbonyl (C=O) groups is 1. The Balaban J connectivity index is 1.89. The average Bonchev–Trinajstić information content (AvgIpc) is 3.03. The molecule has 13 heteroatoms. The number of aryl methyl sites for hydroxylation is 1. The van der Waals surface area contributed by atoms with Gasteiger partial charge in [-0.05, 0) is 26.0 Å².